The maximum Gasteiger partial charge on any atom is 0.231 e. The summed E-state index contributed by atoms with van der Waals surface area (Å²) in [7, 11) is 2.11. The lowest BCUT2D eigenvalue weighted by atomic mass is 10.1. The van der Waals surface area contributed by atoms with E-state index in [2.05, 4.69) is 43.2 Å². The van der Waals surface area contributed by atoms with Crippen LogP contribution in [-0.4, -0.2) is 53.2 Å². The van der Waals surface area contributed by atoms with E-state index in [9.17, 15) is 0 Å². The number of hydrazine groups is 1. The van der Waals surface area contributed by atoms with Gasteiger partial charge in [0.2, 0.25) is 11.7 Å². The van der Waals surface area contributed by atoms with E-state index in [0.29, 0.717) is 34.2 Å². The third-order valence-electron chi connectivity index (χ3n) is 5.68. The Balaban J connectivity index is 1.39. The summed E-state index contributed by atoms with van der Waals surface area (Å²) in [5.74, 6) is 2.44. The largest absolute Gasteiger partial charge is 0.367 e. The number of benzene rings is 1. The Morgan fingerprint density at radius 3 is 2.97 bits per heavy atom. The van der Waals surface area contributed by atoms with Crippen LogP contribution < -0.4 is 16.2 Å². The summed E-state index contributed by atoms with van der Waals surface area (Å²) in [6.07, 6.45) is 3.07. The van der Waals surface area contributed by atoms with Gasteiger partial charge in [-0.15, -0.1) is 0 Å². The predicted octanol–water partition coefficient (Wildman–Crippen LogP) is 2.52. The van der Waals surface area contributed by atoms with Gasteiger partial charge in [-0.3, -0.25) is 10.9 Å². The molecule has 1 saturated heterocycles. The standard InChI is InChI=1S/C20H23Cl2N7O/c1-28-6-4-12(10-28)20-24-18(27-30-20)16-9-17-19(26-25-16)23-5-7-29(17)11-13-8-14(21)2-3-15(13)22/h2-3,8-9,12,23,25-26H,4-7,10-11H2,1H3. The first kappa shape index (κ1) is 19.5. The topological polar surface area (TPSA) is 81.5 Å². The molecule has 0 spiro atoms. The van der Waals surface area contributed by atoms with Crippen LogP contribution in [-0.2, 0) is 6.54 Å². The molecule has 0 saturated carbocycles. The molecule has 10 heteroatoms. The van der Waals surface area contributed by atoms with E-state index in [1.807, 2.05) is 18.2 Å². The Labute approximate surface area is 184 Å². The molecule has 0 bridgehead atoms. The van der Waals surface area contributed by atoms with Gasteiger partial charge in [-0.1, -0.05) is 28.4 Å². The molecule has 8 nitrogen and oxygen atoms in total. The molecule has 1 atom stereocenters. The van der Waals surface area contributed by atoms with Gasteiger partial charge in [0.15, 0.2) is 0 Å². The number of hydrogen-bond acceptors (Lipinski definition) is 8. The molecule has 3 aliphatic rings. The number of likely N-dealkylation sites (N-methyl/N-ethyl adjacent to an activating group) is 1. The molecule has 3 aliphatic heterocycles. The second-order valence-electron chi connectivity index (χ2n) is 7.86. The van der Waals surface area contributed by atoms with Gasteiger partial charge in [0.25, 0.3) is 0 Å². The molecule has 158 valence electrons. The summed E-state index contributed by atoms with van der Waals surface area (Å²) in [5.41, 5.74) is 9.15. The van der Waals surface area contributed by atoms with Crippen molar-refractivity contribution in [3.8, 4) is 0 Å². The lowest BCUT2D eigenvalue weighted by Crippen LogP contribution is -2.48. The molecular formula is C20H23Cl2N7O. The monoisotopic (exact) mass is 447 g/mol. The lowest BCUT2D eigenvalue weighted by molar-refractivity contribution is 0.309. The van der Waals surface area contributed by atoms with E-state index < -0.39 is 0 Å². The van der Waals surface area contributed by atoms with Gasteiger partial charge in [-0.05, 0) is 49.9 Å². The van der Waals surface area contributed by atoms with Crippen LogP contribution in [0.15, 0.2) is 40.3 Å². The first-order valence-electron chi connectivity index (χ1n) is 10.00. The zero-order valence-electron chi connectivity index (χ0n) is 16.6. The Morgan fingerprint density at radius 1 is 1.23 bits per heavy atom. The molecular weight excluding hydrogens is 425 g/mol. The Morgan fingerprint density at radius 2 is 2.13 bits per heavy atom. The average Bonchev–Trinajstić information content (AvgIpc) is 3.40. The predicted molar refractivity (Wildman–Crippen MR) is 115 cm³/mol. The number of halogens is 2. The maximum atomic E-state index is 6.39. The highest BCUT2D eigenvalue weighted by atomic mass is 35.5. The molecule has 1 unspecified atom stereocenters. The molecule has 0 aliphatic carbocycles. The van der Waals surface area contributed by atoms with Crippen LogP contribution in [0.4, 0.5) is 0 Å². The van der Waals surface area contributed by atoms with Gasteiger partial charge in [-0.2, -0.15) is 4.98 Å². The van der Waals surface area contributed by atoms with Crippen LogP contribution in [0, 0.1) is 0 Å². The third kappa shape index (κ3) is 3.82. The van der Waals surface area contributed by atoms with Crippen LogP contribution in [0.3, 0.4) is 0 Å². The number of nitrogens with one attached hydrogen (secondary N) is 3. The van der Waals surface area contributed by atoms with Gasteiger partial charge < -0.3 is 19.6 Å². The lowest BCUT2D eigenvalue weighted by Gasteiger charge is -2.36. The van der Waals surface area contributed by atoms with E-state index in [4.69, 9.17) is 27.7 Å². The van der Waals surface area contributed by atoms with Crippen molar-refractivity contribution in [1.82, 2.24) is 36.1 Å². The number of hydrogen-bond donors (Lipinski definition) is 3. The zero-order valence-corrected chi connectivity index (χ0v) is 18.1. The highest BCUT2D eigenvalue weighted by Crippen LogP contribution is 2.29. The average molecular weight is 448 g/mol. The summed E-state index contributed by atoms with van der Waals surface area (Å²) in [4.78, 5) is 9.18. The van der Waals surface area contributed by atoms with Crippen molar-refractivity contribution in [2.24, 2.45) is 0 Å². The molecule has 2 aromatic rings. The second-order valence-corrected chi connectivity index (χ2v) is 8.70. The second kappa shape index (κ2) is 8.02. The number of nitrogens with zero attached hydrogens (tertiary/aromatic N) is 4. The van der Waals surface area contributed by atoms with Crippen molar-refractivity contribution in [1.29, 1.82) is 0 Å². The maximum absolute atomic E-state index is 6.39. The molecule has 0 amide bonds. The van der Waals surface area contributed by atoms with Crippen LogP contribution in [0.1, 0.15) is 29.6 Å². The quantitative estimate of drug-likeness (QED) is 0.659. The normalized spacial score (nSPS) is 21.6. The zero-order chi connectivity index (χ0) is 20.7. The third-order valence-corrected chi connectivity index (χ3v) is 6.28. The van der Waals surface area contributed by atoms with Crippen molar-refractivity contribution in [3.05, 3.63) is 63.1 Å². The van der Waals surface area contributed by atoms with Crippen LogP contribution in [0.2, 0.25) is 10.0 Å². The van der Waals surface area contributed by atoms with E-state index >= 15 is 0 Å². The van der Waals surface area contributed by atoms with Crippen molar-refractivity contribution < 1.29 is 4.52 Å². The van der Waals surface area contributed by atoms with Crippen molar-refractivity contribution in [2.45, 2.75) is 18.9 Å². The summed E-state index contributed by atoms with van der Waals surface area (Å²) in [6, 6.07) is 5.55. The van der Waals surface area contributed by atoms with Gasteiger partial charge in [0.1, 0.15) is 11.5 Å². The summed E-state index contributed by atoms with van der Waals surface area (Å²) in [5, 5.41) is 8.97. The minimum absolute atomic E-state index is 0.293. The molecule has 0 radical (unpaired) electrons. The fraction of sp³-hybridized carbons (Fsp3) is 0.400. The highest BCUT2D eigenvalue weighted by Gasteiger charge is 2.29. The smallest absolute Gasteiger partial charge is 0.231 e. The Kier molecular flexibility index (Phi) is 5.22. The SMILES string of the molecule is CN1CCC(c2nc(C3=CC4=C(NCCN4Cc4cc(Cl)ccc4Cl)NN3)no2)C1. The van der Waals surface area contributed by atoms with Gasteiger partial charge in [0, 0.05) is 36.2 Å². The molecule has 1 aromatic carbocycles. The van der Waals surface area contributed by atoms with Crippen LogP contribution >= 0.6 is 23.2 Å². The van der Waals surface area contributed by atoms with Crippen molar-refractivity contribution in [3.63, 3.8) is 0 Å². The molecule has 4 heterocycles. The molecule has 5 rings (SSSR count). The van der Waals surface area contributed by atoms with Gasteiger partial charge >= 0.3 is 0 Å². The number of rotatable bonds is 4. The fourth-order valence-electron chi connectivity index (χ4n) is 4.06. The molecule has 1 fully saturated rings. The van der Waals surface area contributed by atoms with E-state index in [0.717, 1.165) is 55.4 Å². The first-order chi connectivity index (χ1) is 14.6. The van der Waals surface area contributed by atoms with E-state index in [1.54, 1.807) is 6.07 Å². The number of likely N-dealkylation sites (tertiary alicyclic amines) is 1. The molecule has 3 N–H and O–H groups in total. The fourth-order valence-corrected chi connectivity index (χ4v) is 4.43. The van der Waals surface area contributed by atoms with Crippen LogP contribution in [0.5, 0.6) is 0 Å². The highest BCUT2D eigenvalue weighted by molar-refractivity contribution is 6.33. The molecule has 1 aromatic heterocycles. The number of aromatic nitrogens is 2. The van der Waals surface area contributed by atoms with Gasteiger partial charge in [0.05, 0.1) is 11.6 Å². The van der Waals surface area contributed by atoms with E-state index in [1.165, 1.54) is 0 Å². The Hall–Kier alpha value is -2.42. The molecule has 30 heavy (non-hydrogen) atoms. The number of allylic oxidation sites excluding steroid dienone is 1. The minimum atomic E-state index is 0.293. The Bertz CT molecular complexity index is 1020. The van der Waals surface area contributed by atoms with Crippen molar-refractivity contribution >= 4 is 28.9 Å². The summed E-state index contributed by atoms with van der Waals surface area (Å²) < 4.78 is 5.56. The minimum Gasteiger partial charge on any atom is -0.367 e. The summed E-state index contributed by atoms with van der Waals surface area (Å²) in [6.45, 7) is 4.29. The van der Waals surface area contributed by atoms with Crippen molar-refractivity contribution in [2.75, 3.05) is 33.2 Å². The van der Waals surface area contributed by atoms with E-state index in [-0.39, 0.29) is 0 Å². The first-order valence-corrected chi connectivity index (χ1v) is 10.8. The summed E-state index contributed by atoms with van der Waals surface area (Å²) >= 11 is 12.6. The van der Waals surface area contributed by atoms with Gasteiger partial charge in [-0.25, -0.2) is 0 Å². The van der Waals surface area contributed by atoms with Crippen LogP contribution in [0.25, 0.3) is 5.70 Å².